The Hall–Kier alpha value is -3.15. The van der Waals surface area contributed by atoms with Gasteiger partial charge in [0.15, 0.2) is 11.5 Å². The highest BCUT2D eigenvalue weighted by Crippen LogP contribution is 2.33. The number of aromatic nitrogens is 2. The predicted octanol–water partition coefficient (Wildman–Crippen LogP) is 3.50. The van der Waals surface area contributed by atoms with Crippen molar-refractivity contribution in [2.24, 2.45) is 0 Å². The zero-order valence-corrected chi connectivity index (χ0v) is 14.5. The Morgan fingerprint density at radius 3 is 2.50 bits per heavy atom. The highest BCUT2D eigenvalue weighted by molar-refractivity contribution is 5.86. The van der Waals surface area contributed by atoms with E-state index in [1.165, 1.54) is 19.2 Å². The van der Waals surface area contributed by atoms with E-state index in [4.69, 9.17) is 9.47 Å². The Labute approximate surface area is 149 Å². The Kier molecular flexibility index (Phi) is 3.95. The minimum atomic E-state index is -0.277. The number of hydrogen-bond donors (Lipinski definition) is 0. The summed E-state index contributed by atoms with van der Waals surface area (Å²) in [5, 5.41) is 0.495. The lowest BCUT2D eigenvalue weighted by Crippen LogP contribution is -2.20. The van der Waals surface area contributed by atoms with Gasteiger partial charge in [-0.1, -0.05) is 12.1 Å². The van der Waals surface area contributed by atoms with Gasteiger partial charge in [-0.25, -0.2) is 9.37 Å². The van der Waals surface area contributed by atoms with Crippen LogP contribution in [-0.2, 0) is 6.54 Å². The molecular formula is C20H17FN2O3. The van der Waals surface area contributed by atoms with Crippen LogP contribution in [0.25, 0.3) is 22.6 Å². The summed E-state index contributed by atoms with van der Waals surface area (Å²) in [5.74, 6) is 1.39. The fourth-order valence-corrected chi connectivity index (χ4v) is 3.24. The van der Waals surface area contributed by atoms with Gasteiger partial charge in [0.05, 0.1) is 25.1 Å². The van der Waals surface area contributed by atoms with Gasteiger partial charge in [0.2, 0.25) is 0 Å². The third kappa shape index (κ3) is 2.63. The monoisotopic (exact) mass is 352 g/mol. The molecule has 0 atom stereocenters. The second-order valence-corrected chi connectivity index (χ2v) is 6.09. The molecule has 4 rings (SSSR count). The standard InChI is InChI=1S/C20H17FN2O3/c1-25-17-10-15-16(11-18(17)26-2)22-19-13(7-8-23(19)20(15)24)9-12-3-5-14(21)6-4-12/h3-6,9-11H,7-8H2,1-2H3/b13-9+. The van der Waals surface area contributed by atoms with Crippen LogP contribution in [0, 0.1) is 5.82 Å². The van der Waals surface area contributed by atoms with E-state index < -0.39 is 0 Å². The second kappa shape index (κ2) is 6.29. The Morgan fingerprint density at radius 2 is 1.81 bits per heavy atom. The van der Waals surface area contributed by atoms with Crippen LogP contribution in [0.4, 0.5) is 4.39 Å². The molecule has 0 amide bonds. The van der Waals surface area contributed by atoms with Crippen LogP contribution in [0.2, 0.25) is 0 Å². The maximum absolute atomic E-state index is 13.1. The summed E-state index contributed by atoms with van der Waals surface area (Å²) in [6.07, 6.45) is 2.64. The zero-order valence-electron chi connectivity index (χ0n) is 14.5. The van der Waals surface area contributed by atoms with Gasteiger partial charge < -0.3 is 9.47 Å². The van der Waals surface area contributed by atoms with Gasteiger partial charge in [0.1, 0.15) is 11.6 Å². The number of methoxy groups -OCH3 is 2. The average molecular weight is 352 g/mol. The molecule has 0 bridgehead atoms. The number of nitrogens with zero attached hydrogens (tertiary/aromatic N) is 2. The van der Waals surface area contributed by atoms with Crippen LogP contribution < -0.4 is 15.0 Å². The number of fused-ring (bicyclic) bond motifs is 2. The lowest BCUT2D eigenvalue weighted by molar-refractivity contribution is 0.355. The first-order chi connectivity index (χ1) is 12.6. The van der Waals surface area contributed by atoms with E-state index in [2.05, 4.69) is 4.98 Å². The molecule has 0 radical (unpaired) electrons. The first-order valence-electron chi connectivity index (χ1n) is 8.24. The Balaban J connectivity index is 1.89. The van der Waals surface area contributed by atoms with E-state index >= 15 is 0 Å². The summed E-state index contributed by atoms with van der Waals surface area (Å²) in [7, 11) is 3.08. The van der Waals surface area contributed by atoms with Crippen LogP contribution >= 0.6 is 0 Å². The molecule has 0 fully saturated rings. The van der Waals surface area contributed by atoms with Crippen molar-refractivity contribution in [1.82, 2.24) is 9.55 Å². The molecule has 6 heteroatoms. The molecule has 0 saturated carbocycles. The molecule has 0 aliphatic carbocycles. The Bertz CT molecular complexity index is 1080. The summed E-state index contributed by atoms with van der Waals surface area (Å²) in [5.41, 5.74) is 2.28. The molecule has 3 aromatic rings. The second-order valence-electron chi connectivity index (χ2n) is 6.09. The molecule has 0 unspecified atom stereocenters. The minimum absolute atomic E-state index is 0.103. The highest BCUT2D eigenvalue weighted by atomic mass is 19.1. The molecule has 132 valence electrons. The first-order valence-corrected chi connectivity index (χ1v) is 8.24. The van der Waals surface area contributed by atoms with Crippen LogP contribution in [0.1, 0.15) is 17.8 Å². The van der Waals surface area contributed by atoms with Gasteiger partial charge in [0.25, 0.3) is 5.56 Å². The van der Waals surface area contributed by atoms with E-state index in [9.17, 15) is 9.18 Å². The zero-order chi connectivity index (χ0) is 18.3. The van der Waals surface area contributed by atoms with Crippen LogP contribution in [-0.4, -0.2) is 23.8 Å². The fraction of sp³-hybridized carbons (Fsp3) is 0.200. The molecule has 2 heterocycles. The number of ether oxygens (including phenoxy) is 2. The number of hydrogen-bond acceptors (Lipinski definition) is 4. The van der Waals surface area contributed by atoms with Gasteiger partial charge in [0, 0.05) is 12.6 Å². The smallest absolute Gasteiger partial charge is 0.261 e. The van der Waals surface area contributed by atoms with Crippen LogP contribution in [0.15, 0.2) is 41.2 Å². The molecule has 1 aliphatic heterocycles. The maximum atomic E-state index is 13.1. The summed E-state index contributed by atoms with van der Waals surface area (Å²) in [6.45, 7) is 0.568. The average Bonchev–Trinajstić information content (AvgIpc) is 3.05. The molecule has 2 aromatic carbocycles. The summed E-state index contributed by atoms with van der Waals surface area (Å²) in [6, 6.07) is 9.62. The van der Waals surface area contributed by atoms with Crippen molar-refractivity contribution >= 4 is 22.6 Å². The van der Waals surface area contributed by atoms with E-state index in [1.807, 2.05) is 6.08 Å². The van der Waals surface area contributed by atoms with Crippen LogP contribution in [0.3, 0.4) is 0 Å². The number of allylic oxidation sites excluding steroid dienone is 1. The predicted molar refractivity (Wildman–Crippen MR) is 98.0 cm³/mol. The summed E-state index contributed by atoms with van der Waals surface area (Å²) in [4.78, 5) is 17.6. The number of benzene rings is 2. The molecule has 0 spiro atoms. The third-order valence-electron chi connectivity index (χ3n) is 4.56. The van der Waals surface area contributed by atoms with Crippen molar-refractivity contribution in [3.05, 3.63) is 64.0 Å². The normalized spacial score (nSPS) is 14.7. The molecule has 1 aromatic heterocycles. The quantitative estimate of drug-likeness (QED) is 0.724. The van der Waals surface area contributed by atoms with E-state index in [1.54, 1.807) is 35.9 Å². The Morgan fingerprint density at radius 1 is 1.12 bits per heavy atom. The van der Waals surface area contributed by atoms with E-state index in [0.29, 0.717) is 41.2 Å². The van der Waals surface area contributed by atoms with Gasteiger partial charge >= 0.3 is 0 Å². The highest BCUT2D eigenvalue weighted by Gasteiger charge is 2.22. The molecule has 26 heavy (non-hydrogen) atoms. The van der Waals surface area contributed by atoms with Crippen molar-refractivity contribution in [3.8, 4) is 11.5 Å². The van der Waals surface area contributed by atoms with Crippen molar-refractivity contribution < 1.29 is 13.9 Å². The summed E-state index contributed by atoms with van der Waals surface area (Å²) < 4.78 is 25.4. The van der Waals surface area contributed by atoms with Gasteiger partial charge in [-0.2, -0.15) is 0 Å². The summed E-state index contributed by atoms with van der Waals surface area (Å²) >= 11 is 0. The van der Waals surface area contributed by atoms with Crippen LogP contribution in [0.5, 0.6) is 11.5 Å². The third-order valence-corrected chi connectivity index (χ3v) is 4.56. The van der Waals surface area contributed by atoms with Gasteiger partial charge in [-0.15, -0.1) is 0 Å². The fourth-order valence-electron chi connectivity index (χ4n) is 3.24. The molecular weight excluding hydrogens is 335 g/mol. The number of halogens is 1. The lowest BCUT2D eigenvalue weighted by Gasteiger charge is -2.10. The lowest BCUT2D eigenvalue weighted by atomic mass is 10.1. The largest absolute Gasteiger partial charge is 0.493 e. The van der Waals surface area contributed by atoms with Crippen molar-refractivity contribution in [2.45, 2.75) is 13.0 Å². The van der Waals surface area contributed by atoms with Crippen molar-refractivity contribution in [1.29, 1.82) is 0 Å². The molecule has 0 saturated heterocycles. The molecule has 5 nitrogen and oxygen atoms in total. The molecule has 1 aliphatic rings. The van der Waals surface area contributed by atoms with E-state index in [0.717, 1.165) is 11.1 Å². The molecule has 0 N–H and O–H groups in total. The van der Waals surface area contributed by atoms with E-state index in [-0.39, 0.29) is 11.4 Å². The van der Waals surface area contributed by atoms with Gasteiger partial charge in [-0.3, -0.25) is 9.36 Å². The number of rotatable bonds is 3. The SMILES string of the molecule is COc1cc2nc3n(c(=O)c2cc1OC)CC/C3=C\c1ccc(F)cc1. The minimum Gasteiger partial charge on any atom is -0.493 e. The van der Waals surface area contributed by atoms with Gasteiger partial charge in [-0.05, 0) is 41.8 Å². The van der Waals surface area contributed by atoms with Crippen molar-refractivity contribution in [2.75, 3.05) is 14.2 Å². The topological polar surface area (TPSA) is 53.4 Å². The maximum Gasteiger partial charge on any atom is 0.261 e. The van der Waals surface area contributed by atoms with Crippen molar-refractivity contribution in [3.63, 3.8) is 0 Å². The first kappa shape index (κ1) is 16.3.